The maximum absolute atomic E-state index is 12.6. The number of carbonyl (C=O) groups excluding carboxylic acids is 1. The van der Waals surface area contributed by atoms with Crippen LogP contribution in [-0.2, 0) is 11.8 Å². The molecule has 1 aromatic heterocycles. The van der Waals surface area contributed by atoms with E-state index in [9.17, 15) is 14.7 Å². The Kier molecular flexibility index (Phi) is 4.76. The summed E-state index contributed by atoms with van der Waals surface area (Å²) in [6.45, 7) is 2.33. The molecule has 2 heterocycles. The molecule has 0 spiro atoms. The molecular weight excluding hydrogens is 338 g/mol. The highest BCUT2D eigenvalue weighted by molar-refractivity contribution is 8.18. The van der Waals surface area contributed by atoms with Crippen LogP contribution >= 0.6 is 11.8 Å². The molecule has 1 aliphatic rings. The molecule has 2 aromatic rings. The molecule has 0 bridgehead atoms. The van der Waals surface area contributed by atoms with Crippen LogP contribution in [0.15, 0.2) is 52.5 Å². The van der Waals surface area contributed by atoms with Gasteiger partial charge in [0.1, 0.15) is 0 Å². The highest BCUT2D eigenvalue weighted by Gasteiger charge is 2.32. The smallest absolute Gasteiger partial charge is 0.337 e. The number of carboxylic acid groups (broad SMARTS) is 1. The van der Waals surface area contributed by atoms with Crippen LogP contribution < -0.4 is 0 Å². The molecular formula is C18H17N3O3S. The first-order valence-electron chi connectivity index (χ1n) is 7.75. The van der Waals surface area contributed by atoms with Crippen LogP contribution in [-0.4, -0.2) is 38.2 Å². The zero-order valence-corrected chi connectivity index (χ0v) is 14.7. The van der Waals surface area contributed by atoms with Crippen molar-refractivity contribution in [2.24, 2.45) is 12.0 Å². The van der Waals surface area contributed by atoms with E-state index in [0.717, 1.165) is 5.69 Å². The Morgan fingerprint density at radius 2 is 2.04 bits per heavy atom. The van der Waals surface area contributed by atoms with Gasteiger partial charge in [-0.05, 0) is 49.0 Å². The minimum absolute atomic E-state index is 0.110. The lowest BCUT2D eigenvalue weighted by molar-refractivity contribution is -0.122. The summed E-state index contributed by atoms with van der Waals surface area (Å²) in [6, 6.07) is 10.3. The van der Waals surface area contributed by atoms with Gasteiger partial charge in [-0.15, -0.1) is 0 Å². The van der Waals surface area contributed by atoms with Gasteiger partial charge >= 0.3 is 5.97 Å². The highest BCUT2D eigenvalue weighted by atomic mass is 32.2. The van der Waals surface area contributed by atoms with E-state index in [1.807, 2.05) is 42.9 Å². The molecule has 1 amide bonds. The largest absolute Gasteiger partial charge is 0.478 e. The average Bonchev–Trinajstić information content (AvgIpc) is 3.12. The molecule has 1 aromatic carbocycles. The van der Waals surface area contributed by atoms with Crippen LogP contribution in [0.2, 0.25) is 0 Å². The molecule has 7 heteroatoms. The van der Waals surface area contributed by atoms with Crippen LogP contribution in [0.5, 0.6) is 0 Å². The second kappa shape index (κ2) is 6.98. The van der Waals surface area contributed by atoms with Crippen molar-refractivity contribution in [2.75, 3.05) is 6.54 Å². The van der Waals surface area contributed by atoms with Gasteiger partial charge in [-0.2, -0.15) is 0 Å². The van der Waals surface area contributed by atoms with Gasteiger partial charge in [0, 0.05) is 25.5 Å². The van der Waals surface area contributed by atoms with Gasteiger partial charge in [-0.25, -0.2) is 9.79 Å². The zero-order chi connectivity index (χ0) is 18.0. The topological polar surface area (TPSA) is 74.9 Å². The van der Waals surface area contributed by atoms with E-state index < -0.39 is 5.97 Å². The number of nitrogens with zero attached hydrogens (tertiary/aromatic N) is 3. The number of benzene rings is 1. The molecule has 1 aliphatic heterocycles. The Hall–Kier alpha value is -2.80. The van der Waals surface area contributed by atoms with Crippen LogP contribution in [0, 0.1) is 0 Å². The highest BCUT2D eigenvalue weighted by Crippen LogP contribution is 2.34. The Morgan fingerprint density at radius 1 is 1.28 bits per heavy atom. The summed E-state index contributed by atoms with van der Waals surface area (Å²) in [6.07, 6.45) is 3.73. The van der Waals surface area contributed by atoms with Gasteiger partial charge in [-0.3, -0.25) is 9.69 Å². The number of hydrogen-bond acceptors (Lipinski definition) is 4. The van der Waals surface area contributed by atoms with E-state index in [4.69, 9.17) is 0 Å². The monoisotopic (exact) mass is 355 g/mol. The first kappa shape index (κ1) is 17.0. The number of aliphatic imine (C=N–C) groups is 1. The number of aryl methyl sites for hydroxylation is 1. The average molecular weight is 355 g/mol. The fourth-order valence-electron chi connectivity index (χ4n) is 2.48. The van der Waals surface area contributed by atoms with Gasteiger partial charge in [0.2, 0.25) is 0 Å². The molecule has 0 aliphatic carbocycles. The van der Waals surface area contributed by atoms with Gasteiger partial charge in [0.15, 0.2) is 5.17 Å². The van der Waals surface area contributed by atoms with Crippen LogP contribution in [0.4, 0.5) is 5.69 Å². The van der Waals surface area contributed by atoms with Crippen molar-refractivity contribution in [1.82, 2.24) is 9.47 Å². The van der Waals surface area contributed by atoms with Gasteiger partial charge < -0.3 is 9.67 Å². The number of hydrogen-bond donors (Lipinski definition) is 1. The number of likely N-dealkylation sites (N-methyl/N-ethyl adjacent to an activating group) is 1. The summed E-state index contributed by atoms with van der Waals surface area (Å²) in [5.41, 5.74) is 1.36. The van der Waals surface area contributed by atoms with Crippen LogP contribution in [0.3, 0.4) is 0 Å². The number of para-hydroxylation sites is 1. The van der Waals surface area contributed by atoms with Crippen molar-refractivity contribution in [1.29, 1.82) is 0 Å². The fourth-order valence-corrected chi connectivity index (χ4v) is 3.52. The maximum atomic E-state index is 12.6. The lowest BCUT2D eigenvalue weighted by Gasteiger charge is -2.12. The number of amidine groups is 1. The Labute approximate surface area is 149 Å². The Balaban J connectivity index is 2.00. The molecule has 1 fully saturated rings. The third-order valence-corrected chi connectivity index (χ3v) is 4.82. The summed E-state index contributed by atoms with van der Waals surface area (Å²) in [5.74, 6) is -1.17. The quantitative estimate of drug-likeness (QED) is 0.854. The lowest BCUT2D eigenvalue weighted by Crippen LogP contribution is -2.28. The van der Waals surface area contributed by atoms with Crippen molar-refractivity contribution in [2.45, 2.75) is 6.92 Å². The number of amides is 1. The second-order valence-corrected chi connectivity index (χ2v) is 6.43. The summed E-state index contributed by atoms with van der Waals surface area (Å²) in [4.78, 5) is 30.5. The van der Waals surface area contributed by atoms with E-state index in [2.05, 4.69) is 4.99 Å². The van der Waals surface area contributed by atoms with E-state index in [-0.39, 0.29) is 11.5 Å². The Bertz CT molecular complexity index is 898. The number of aromatic nitrogens is 1. The third-order valence-electron chi connectivity index (χ3n) is 3.82. The molecule has 1 N–H and O–H groups in total. The maximum Gasteiger partial charge on any atom is 0.337 e. The summed E-state index contributed by atoms with van der Waals surface area (Å²) in [7, 11) is 1.91. The lowest BCUT2D eigenvalue weighted by atomic mass is 10.2. The number of aromatic carboxylic acids is 1. The molecule has 0 unspecified atom stereocenters. The molecule has 0 radical (unpaired) electrons. The van der Waals surface area contributed by atoms with Crippen molar-refractivity contribution in [3.8, 4) is 0 Å². The number of carboxylic acids is 1. The predicted molar refractivity (Wildman–Crippen MR) is 98.9 cm³/mol. The van der Waals surface area contributed by atoms with Crippen molar-refractivity contribution in [3.63, 3.8) is 0 Å². The predicted octanol–water partition coefficient (Wildman–Crippen LogP) is 3.35. The minimum Gasteiger partial charge on any atom is -0.478 e. The second-order valence-electron chi connectivity index (χ2n) is 5.42. The summed E-state index contributed by atoms with van der Waals surface area (Å²) in [5, 5.41) is 9.79. The molecule has 128 valence electrons. The Morgan fingerprint density at radius 3 is 2.68 bits per heavy atom. The van der Waals surface area contributed by atoms with E-state index >= 15 is 0 Å². The first-order chi connectivity index (χ1) is 12.0. The number of carbonyl (C=O) groups is 2. The van der Waals surface area contributed by atoms with Crippen molar-refractivity contribution >= 4 is 40.6 Å². The minimum atomic E-state index is -1.04. The first-order valence-corrected chi connectivity index (χ1v) is 8.56. The van der Waals surface area contributed by atoms with Gasteiger partial charge in [-0.1, -0.05) is 12.1 Å². The van der Waals surface area contributed by atoms with Gasteiger partial charge in [0.05, 0.1) is 16.2 Å². The molecule has 0 atom stereocenters. The van der Waals surface area contributed by atoms with Crippen LogP contribution in [0.25, 0.3) is 6.08 Å². The molecule has 25 heavy (non-hydrogen) atoms. The number of rotatable bonds is 4. The molecule has 3 rings (SSSR count). The van der Waals surface area contributed by atoms with Crippen molar-refractivity contribution < 1.29 is 14.7 Å². The van der Waals surface area contributed by atoms with Crippen molar-refractivity contribution in [3.05, 3.63) is 58.8 Å². The third kappa shape index (κ3) is 3.36. The van der Waals surface area contributed by atoms with Crippen LogP contribution in [0.1, 0.15) is 23.0 Å². The van der Waals surface area contributed by atoms with E-state index in [1.54, 1.807) is 23.1 Å². The molecule has 6 nitrogen and oxygen atoms in total. The SMILES string of the molecule is CCN1C(=O)/C(=C/c2cccn2C)SC1=Nc1ccccc1C(=O)O. The van der Waals surface area contributed by atoms with E-state index in [1.165, 1.54) is 17.8 Å². The van der Waals surface area contributed by atoms with E-state index in [0.29, 0.717) is 22.3 Å². The standard InChI is InChI=1S/C18H17N3O3S/c1-3-21-16(22)15(11-12-7-6-10-20(12)2)25-18(21)19-14-9-5-4-8-13(14)17(23)24/h4-11H,3H2,1-2H3,(H,23,24)/b15-11-,19-18?. The molecule has 0 saturated carbocycles. The summed E-state index contributed by atoms with van der Waals surface area (Å²) >= 11 is 1.25. The number of thioether (sulfide) groups is 1. The zero-order valence-electron chi connectivity index (χ0n) is 13.8. The normalized spacial score (nSPS) is 17.7. The fraction of sp³-hybridized carbons (Fsp3) is 0.167. The molecule has 1 saturated heterocycles. The summed E-state index contributed by atoms with van der Waals surface area (Å²) < 4.78 is 1.92. The van der Waals surface area contributed by atoms with Gasteiger partial charge in [0.25, 0.3) is 5.91 Å².